The Hall–Kier alpha value is -2.55. The summed E-state index contributed by atoms with van der Waals surface area (Å²) in [6, 6.07) is 1.63. The maximum absolute atomic E-state index is 12.8. The Morgan fingerprint density at radius 2 is 2.07 bits per heavy atom. The Bertz CT molecular complexity index is 789. The SMILES string of the molecule is Cc1noc(CC(=O)N2CCOC[C@H]2c2nccc(N3CCCCC3)n2)n1. The van der Waals surface area contributed by atoms with Gasteiger partial charge < -0.3 is 19.1 Å². The van der Waals surface area contributed by atoms with Crippen LogP contribution >= 0.6 is 0 Å². The molecule has 144 valence electrons. The fourth-order valence-electron chi connectivity index (χ4n) is 3.58. The lowest BCUT2D eigenvalue weighted by Crippen LogP contribution is -2.45. The van der Waals surface area contributed by atoms with Gasteiger partial charge in [-0.2, -0.15) is 4.98 Å². The minimum Gasteiger partial charge on any atom is -0.377 e. The lowest BCUT2D eigenvalue weighted by atomic mass is 10.1. The van der Waals surface area contributed by atoms with Crippen LogP contribution in [0.4, 0.5) is 5.82 Å². The smallest absolute Gasteiger partial charge is 0.236 e. The van der Waals surface area contributed by atoms with Gasteiger partial charge in [-0.15, -0.1) is 0 Å². The highest BCUT2D eigenvalue weighted by Gasteiger charge is 2.32. The molecule has 0 N–H and O–H groups in total. The normalized spacial score (nSPS) is 20.7. The molecule has 2 saturated heterocycles. The van der Waals surface area contributed by atoms with Crippen LogP contribution < -0.4 is 4.90 Å². The second-order valence-corrected chi connectivity index (χ2v) is 6.91. The van der Waals surface area contributed by atoms with Gasteiger partial charge in [0.25, 0.3) is 0 Å². The molecule has 2 aliphatic heterocycles. The van der Waals surface area contributed by atoms with E-state index in [0.717, 1.165) is 18.9 Å². The molecule has 2 aromatic rings. The lowest BCUT2D eigenvalue weighted by molar-refractivity contribution is -0.140. The maximum atomic E-state index is 12.8. The third-order valence-corrected chi connectivity index (χ3v) is 4.96. The number of anilines is 1. The van der Waals surface area contributed by atoms with Crippen molar-refractivity contribution in [2.45, 2.75) is 38.6 Å². The number of carbonyl (C=O) groups is 1. The van der Waals surface area contributed by atoms with Crippen molar-refractivity contribution < 1.29 is 14.1 Å². The number of morpholine rings is 1. The van der Waals surface area contributed by atoms with E-state index >= 15 is 0 Å². The Balaban J connectivity index is 1.52. The zero-order valence-corrected chi connectivity index (χ0v) is 15.5. The highest BCUT2D eigenvalue weighted by molar-refractivity contribution is 5.78. The number of aromatic nitrogens is 4. The minimum absolute atomic E-state index is 0.0726. The molecule has 0 aliphatic carbocycles. The first-order valence-corrected chi connectivity index (χ1v) is 9.45. The van der Waals surface area contributed by atoms with Gasteiger partial charge >= 0.3 is 0 Å². The first-order chi connectivity index (χ1) is 13.2. The monoisotopic (exact) mass is 372 g/mol. The van der Waals surface area contributed by atoms with Gasteiger partial charge in [-0.25, -0.2) is 9.97 Å². The zero-order chi connectivity index (χ0) is 18.6. The number of piperidine rings is 1. The lowest BCUT2D eigenvalue weighted by Gasteiger charge is -2.35. The molecule has 0 aromatic carbocycles. The van der Waals surface area contributed by atoms with E-state index in [0.29, 0.717) is 37.3 Å². The number of amides is 1. The van der Waals surface area contributed by atoms with Crippen LogP contribution in [0, 0.1) is 6.92 Å². The predicted molar refractivity (Wildman–Crippen MR) is 96.1 cm³/mol. The molecule has 27 heavy (non-hydrogen) atoms. The van der Waals surface area contributed by atoms with Crippen LogP contribution in [-0.2, 0) is 16.0 Å². The molecule has 4 rings (SSSR count). The Morgan fingerprint density at radius 3 is 2.85 bits per heavy atom. The molecule has 0 saturated carbocycles. The summed E-state index contributed by atoms with van der Waals surface area (Å²) in [6.45, 7) is 5.13. The summed E-state index contributed by atoms with van der Waals surface area (Å²) in [7, 11) is 0. The molecular weight excluding hydrogens is 348 g/mol. The van der Waals surface area contributed by atoms with Gasteiger partial charge in [0.2, 0.25) is 11.8 Å². The first-order valence-electron chi connectivity index (χ1n) is 9.45. The number of hydrogen-bond donors (Lipinski definition) is 0. The van der Waals surface area contributed by atoms with E-state index in [2.05, 4.69) is 20.0 Å². The van der Waals surface area contributed by atoms with Gasteiger partial charge in [0.15, 0.2) is 11.6 Å². The van der Waals surface area contributed by atoms with Crippen LogP contribution in [0.1, 0.15) is 42.8 Å². The largest absolute Gasteiger partial charge is 0.377 e. The summed E-state index contributed by atoms with van der Waals surface area (Å²) in [4.78, 5) is 30.2. The minimum atomic E-state index is -0.306. The molecule has 2 aliphatic rings. The number of hydrogen-bond acceptors (Lipinski definition) is 8. The predicted octanol–water partition coefficient (Wildman–Crippen LogP) is 1.30. The molecule has 1 atom stereocenters. The van der Waals surface area contributed by atoms with Crippen molar-refractivity contribution in [2.24, 2.45) is 0 Å². The quantitative estimate of drug-likeness (QED) is 0.792. The van der Waals surface area contributed by atoms with Gasteiger partial charge in [0.05, 0.1) is 13.2 Å². The van der Waals surface area contributed by atoms with E-state index in [4.69, 9.17) is 14.2 Å². The van der Waals surface area contributed by atoms with Crippen molar-refractivity contribution >= 4 is 11.7 Å². The van der Waals surface area contributed by atoms with Crippen molar-refractivity contribution in [2.75, 3.05) is 37.7 Å². The van der Waals surface area contributed by atoms with Crippen LogP contribution in [-0.4, -0.2) is 63.8 Å². The summed E-state index contributed by atoms with van der Waals surface area (Å²) < 4.78 is 10.7. The average Bonchev–Trinajstić information content (AvgIpc) is 3.13. The maximum Gasteiger partial charge on any atom is 0.236 e. The van der Waals surface area contributed by atoms with Gasteiger partial charge in [0.1, 0.15) is 18.3 Å². The molecular formula is C18H24N6O3. The summed E-state index contributed by atoms with van der Waals surface area (Å²) in [5.41, 5.74) is 0. The Kier molecular flexibility index (Phi) is 5.28. The molecule has 4 heterocycles. The molecule has 0 unspecified atom stereocenters. The van der Waals surface area contributed by atoms with Gasteiger partial charge in [-0.05, 0) is 32.3 Å². The van der Waals surface area contributed by atoms with Crippen LogP contribution in [0.2, 0.25) is 0 Å². The van der Waals surface area contributed by atoms with E-state index in [1.807, 2.05) is 6.07 Å². The van der Waals surface area contributed by atoms with Crippen molar-refractivity contribution in [3.63, 3.8) is 0 Å². The van der Waals surface area contributed by atoms with Gasteiger partial charge in [0, 0.05) is 25.8 Å². The standard InChI is InChI=1S/C18H24N6O3/c1-13-20-16(27-22-13)11-17(25)24-9-10-26-12-14(24)18-19-6-5-15(21-18)23-7-3-2-4-8-23/h5-6,14H,2-4,7-12H2,1H3/t14-/m0/s1. The summed E-state index contributed by atoms with van der Waals surface area (Å²) in [6.07, 6.45) is 5.47. The number of ether oxygens (including phenoxy) is 1. The Morgan fingerprint density at radius 1 is 1.22 bits per heavy atom. The zero-order valence-electron chi connectivity index (χ0n) is 15.5. The Labute approximate surface area is 157 Å². The molecule has 0 bridgehead atoms. The summed E-state index contributed by atoms with van der Waals surface area (Å²) >= 11 is 0. The van der Waals surface area contributed by atoms with E-state index < -0.39 is 0 Å². The molecule has 0 radical (unpaired) electrons. The number of carbonyl (C=O) groups excluding carboxylic acids is 1. The third kappa shape index (κ3) is 4.08. The van der Waals surface area contributed by atoms with Crippen LogP contribution in [0.15, 0.2) is 16.8 Å². The van der Waals surface area contributed by atoms with E-state index in [-0.39, 0.29) is 18.4 Å². The van der Waals surface area contributed by atoms with E-state index in [1.165, 1.54) is 19.3 Å². The van der Waals surface area contributed by atoms with Crippen molar-refractivity contribution in [3.8, 4) is 0 Å². The summed E-state index contributed by atoms with van der Waals surface area (Å²) in [5, 5.41) is 3.74. The molecule has 2 aromatic heterocycles. The van der Waals surface area contributed by atoms with Crippen LogP contribution in [0.5, 0.6) is 0 Å². The second kappa shape index (κ2) is 7.99. The number of rotatable bonds is 4. The number of aryl methyl sites for hydroxylation is 1. The highest BCUT2D eigenvalue weighted by atomic mass is 16.5. The first kappa shape index (κ1) is 17.8. The highest BCUT2D eigenvalue weighted by Crippen LogP contribution is 2.25. The second-order valence-electron chi connectivity index (χ2n) is 6.91. The molecule has 9 heteroatoms. The summed E-state index contributed by atoms with van der Waals surface area (Å²) in [5.74, 6) is 2.30. The van der Waals surface area contributed by atoms with E-state index in [9.17, 15) is 4.79 Å². The third-order valence-electron chi connectivity index (χ3n) is 4.96. The van der Waals surface area contributed by atoms with Crippen molar-refractivity contribution in [3.05, 3.63) is 29.8 Å². The average molecular weight is 372 g/mol. The van der Waals surface area contributed by atoms with Crippen molar-refractivity contribution in [1.82, 2.24) is 25.0 Å². The van der Waals surface area contributed by atoms with Crippen molar-refractivity contribution in [1.29, 1.82) is 0 Å². The molecule has 1 amide bonds. The fourth-order valence-corrected chi connectivity index (χ4v) is 3.58. The molecule has 2 fully saturated rings. The van der Waals surface area contributed by atoms with Crippen LogP contribution in [0.3, 0.4) is 0 Å². The number of nitrogens with zero attached hydrogens (tertiary/aromatic N) is 6. The topological polar surface area (TPSA) is 97.5 Å². The molecule has 9 nitrogen and oxygen atoms in total. The molecule has 0 spiro atoms. The van der Waals surface area contributed by atoms with Crippen LogP contribution in [0.25, 0.3) is 0 Å². The van der Waals surface area contributed by atoms with Gasteiger partial charge in [-0.1, -0.05) is 5.16 Å². The fraction of sp³-hybridized carbons (Fsp3) is 0.611. The van der Waals surface area contributed by atoms with E-state index in [1.54, 1.807) is 18.0 Å². The van der Waals surface area contributed by atoms with Gasteiger partial charge in [-0.3, -0.25) is 4.79 Å².